The van der Waals surface area contributed by atoms with Crippen molar-refractivity contribution in [2.45, 2.75) is 22.2 Å². The summed E-state index contributed by atoms with van der Waals surface area (Å²) in [5.41, 5.74) is 0. The van der Waals surface area contributed by atoms with Crippen LogP contribution in [-0.4, -0.2) is 36.5 Å². The van der Waals surface area contributed by atoms with Crippen LogP contribution in [0.4, 0.5) is 0 Å². The molecule has 0 saturated carbocycles. The molecule has 1 heterocycles. The Morgan fingerprint density at radius 2 is 1.36 bits per heavy atom. The van der Waals surface area contributed by atoms with Crippen molar-refractivity contribution in [2.75, 3.05) is 14.2 Å². The lowest BCUT2D eigenvalue weighted by atomic mass is 10.3. The molecule has 0 N–H and O–H groups in total. The van der Waals surface area contributed by atoms with Crippen molar-refractivity contribution in [3.8, 4) is 0 Å². The van der Waals surface area contributed by atoms with Crippen LogP contribution in [0.2, 0.25) is 0 Å². The zero-order valence-corrected chi connectivity index (χ0v) is 9.46. The van der Waals surface area contributed by atoms with Crippen molar-refractivity contribution in [3.63, 3.8) is 0 Å². The van der Waals surface area contributed by atoms with Crippen LogP contribution in [-0.2, 0) is 14.2 Å². The van der Waals surface area contributed by atoms with Crippen molar-refractivity contribution in [3.05, 3.63) is 0 Å². The monoisotopic (exact) mass is 288 g/mol. The highest BCUT2D eigenvalue weighted by Gasteiger charge is 2.42. The summed E-state index contributed by atoms with van der Waals surface area (Å²) in [5, 5.41) is 0. The largest absolute Gasteiger partial charge is 0.355 e. The fourth-order valence-electron chi connectivity index (χ4n) is 0.954. The average molecular weight is 290 g/mol. The molecule has 3 nitrogen and oxygen atoms in total. The molecular formula is C6H10Br2O3. The summed E-state index contributed by atoms with van der Waals surface area (Å²) < 4.78 is 15.4. The van der Waals surface area contributed by atoms with E-state index < -0.39 is 0 Å². The summed E-state index contributed by atoms with van der Waals surface area (Å²) in [5.74, 6) is 0. The van der Waals surface area contributed by atoms with Gasteiger partial charge in [-0.25, -0.2) is 0 Å². The maximum Gasteiger partial charge on any atom is 0.174 e. The van der Waals surface area contributed by atoms with E-state index in [4.69, 9.17) is 14.2 Å². The third kappa shape index (κ3) is 1.95. The number of rotatable bonds is 2. The highest BCUT2D eigenvalue weighted by atomic mass is 79.9. The summed E-state index contributed by atoms with van der Waals surface area (Å²) in [6, 6.07) is 0. The summed E-state index contributed by atoms with van der Waals surface area (Å²) in [7, 11) is 3.22. The van der Waals surface area contributed by atoms with Gasteiger partial charge in [0, 0.05) is 14.2 Å². The Hall–Kier alpha value is 0.840. The van der Waals surface area contributed by atoms with Crippen LogP contribution in [0.5, 0.6) is 0 Å². The number of halogens is 2. The molecule has 0 aromatic rings. The zero-order valence-electron chi connectivity index (χ0n) is 6.29. The molecule has 1 aliphatic heterocycles. The summed E-state index contributed by atoms with van der Waals surface area (Å²) in [4.78, 5) is 0.273. The first-order valence-corrected chi connectivity index (χ1v) is 5.03. The predicted octanol–water partition coefficient (Wildman–Crippen LogP) is 1.49. The van der Waals surface area contributed by atoms with Gasteiger partial charge in [0.25, 0.3) is 0 Å². The Morgan fingerprint density at radius 1 is 1.00 bits per heavy atom. The molecule has 4 unspecified atom stereocenters. The Kier molecular flexibility index (Phi) is 3.77. The van der Waals surface area contributed by atoms with Gasteiger partial charge in [0.1, 0.15) is 0 Å². The molecule has 1 saturated heterocycles. The van der Waals surface area contributed by atoms with Gasteiger partial charge < -0.3 is 14.2 Å². The predicted molar refractivity (Wildman–Crippen MR) is 48.1 cm³/mol. The minimum atomic E-state index is -0.232. The Morgan fingerprint density at radius 3 is 1.55 bits per heavy atom. The minimum Gasteiger partial charge on any atom is -0.355 e. The van der Waals surface area contributed by atoms with E-state index >= 15 is 0 Å². The molecule has 66 valence electrons. The van der Waals surface area contributed by atoms with Gasteiger partial charge in [-0.05, 0) is 0 Å². The standard InChI is InChI=1S/C6H10Br2O3/c1-9-5-3(7)4(8)6(10-2)11-5/h3-6H,1-2H3. The van der Waals surface area contributed by atoms with E-state index in [1.54, 1.807) is 14.2 Å². The fraction of sp³-hybridized carbons (Fsp3) is 1.00. The fourth-order valence-corrected chi connectivity index (χ4v) is 2.13. The normalized spacial score (nSPS) is 44.7. The van der Waals surface area contributed by atoms with E-state index in [9.17, 15) is 0 Å². The van der Waals surface area contributed by atoms with Crippen molar-refractivity contribution >= 4 is 31.9 Å². The molecule has 5 heteroatoms. The van der Waals surface area contributed by atoms with E-state index in [2.05, 4.69) is 31.9 Å². The van der Waals surface area contributed by atoms with Crippen LogP contribution < -0.4 is 0 Å². The van der Waals surface area contributed by atoms with Gasteiger partial charge in [0.15, 0.2) is 12.6 Å². The molecule has 0 radical (unpaired) electrons. The van der Waals surface area contributed by atoms with E-state index in [-0.39, 0.29) is 22.2 Å². The van der Waals surface area contributed by atoms with Crippen LogP contribution in [0.1, 0.15) is 0 Å². The topological polar surface area (TPSA) is 27.7 Å². The van der Waals surface area contributed by atoms with Gasteiger partial charge >= 0.3 is 0 Å². The van der Waals surface area contributed by atoms with Gasteiger partial charge in [-0.3, -0.25) is 0 Å². The highest BCUT2D eigenvalue weighted by molar-refractivity contribution is 9.12. The highest BCUT2D eigenvalue weighted by Crippen LogP contribution is 2.32. The molecule has 0 spiro atoms. The lowest BCUT2D eigenvalue weighted by Gasteiger charge is -2.10. The van der Waals surface area contributed by atoms with Gasteiger partial charge in [-0.1, -0.05) is 31.9 Å². The molecule has 1 fully saturated rings. The second-order valence-electron chi connectivity index (χ2n) is 2.23. The molecule has 4 atom stereocenters. The third-order valence-corrected chi connectivity index (χ3v) is 4.27. The molecule has 0 aromatic heterocycles. The smallest absolute Gasteiger partial charge is 0.174 e. The number of alkyl halides is 2. The molecule has 0 bridgehead atoms. The average Bonchev–Trinajstić information content (AvgIpc) is 2.30. The summed E-state index contributed by atoms with van der Waals surface area (Å²) >= 11 is 6.87. The van der Waals surface area contributed by atoms with E-state index in [0.717, 1.165) is 0 Å². The van der Waals surface area contributed by atoms with Crippen molar-refractivity contribution < 1.29 is 14.2 Å². The maximum absolute atomic E-state index is 5.35. The Balaban J connectivity index is 2.53. The first kappa shape index (κ1) is 9.92. The lowest BCUT2D eigenvalue weighted by Crippen LogP contribution is -2.23. The number of hydrogen-bond donors (Lipinski definition) is 0. The number of hydrogen-bond acceptors (Lipinski definition) is 3. The van der Waals surface area contributed by atoms with E-state index in [1.807, 2.05) is 0 Å². The van der Waals surface area contributed by atoms with Crippen LogP contribution in [0.15, 0.2) is 0 Å². The van der Waals surface area contributed by atoms with Crippen LogP contribution in [0, 0.1) is 0 Å². The second kappa shape index (κ2) is 4.18. The Bertz CT molecular complexity index is 115. The lowest BCUT2D eigenvalue weighted by molar-refractivity contribution is -0.183. The molecular weight excluding hydrogens is 280 g/mol. The maximum atomic E-state index is 5.35. The van der Waals surface area contributed by atoms with Gasteiger partial charge in [0.2, 0.25) is 0 Å². The number of ether oxygens (including phenoxy) is 3. The zero-order chi connectivity index (χ0) is 8.43. The molecule has 0 aromatic carbocycles. The first-order valence-electron chi connectivity index (χ1n) is 3.20. The molecule has 1 rings (SSSR count). The van der Waals surface area contributed by atoms with E-state index in [0.29, 0.717) is 0 Å². The second-order valence-corrected chi connectivity index (χ2v) is 4.35. The van der Waals surface area contributed by atoms with Crippen molar-refractivity contribution in [2.24, 2.45) is 0 Å². The van der Waals surface area contributed by atoms with E-state index in [1.165, 1.54) is 0 Å². The SMILES string of the molecule is COC1OC(OC)C(Br)C1Br. The van der Waals surface area contributed by atoms with Crippen LogP contribution >= 0.6 is 31.9 Å². The molecule has 0 aliphatic carbocycles. The van der Waals surface area contributed by atoms with Gasteiger partial charge in [-0.2, -0.15) is 0 Å². The van der Waals surface area contributed by atoms with Crippen LogP contribution in [0.25, 0.3) is 0 Å². The first-order chi connectivity index (χ1) is 5.20. The number of methoxy groups -OCH3 is 2. The molecule has 11 heavy (non-hydrogen) atoms. The quantitative estimate of drug-likeness (QED) is 0.721. The minimum absolute atomic E-state index is 0.137. The molecule has 1 aliphatic rings. The van der Waals surface area contributed by atoms with Gasteiger partial charge in [-0.15, -0.1) is 0 Å². The van der Waals surface area contributed by atoms with Crippen molar-refractivity contribution in [1.82, 2.24) is 0 Å². The third-order valence-electron chi connectivity index (χ3n) is 1.56. The van der Waals surface area contributed by atoms with Crippen LogP contribution in [0.3, 0.4) is 0 Å². The van der Waals surface area contributed by atoms with Crippen molar-refractivity contribution in [1.29, 1.82) is 0 Å². The van der Waals surface area contributed by atoms with Gasteiger partial charge in [0.05, 0.1) is 9.65 Å². The summed E-state index contributed by atoms with van der Waals surface area (Å²) in [6.45, 7) is 0. The molecule has 0 amide bonds. The Labute approximate surface area is 82.6 Å². The summed E-state index contributed by atoms with van der Waals surface area (Å²) in [6.07, 6.45) is -0.464.